The van der Waals surface area contributed by atoms with Gasteiger partial charge in [-0.05, 0) is 18.6 Å². The average molecular weight is 395 g/mol. The van der Waals surface area contributed by atoms with Crippen LogP contribution in [0.1, 0.15) is 34.6 Å². The Bertz CT molecular complexity index is 942. The maximum Gasteiger partial charge on any atom is 0.268 e. The molecule has 0 fully saturated rings. The number of anilines is 1. The molecule has 8 heteroatoms. The first-order valence-corrected chi connectivity index (χ1v) is 9.40. The van der Waals surface area contributed by atoms with Crippen molar-refractivity contribution in [2.24, 2.45) is 0 Å². The maximum absolute atomic E-state index is 12.7. The fraction of sp³-hybridized carbons (Fsp3) is 0.286. The second-order valence-electron chi connectivity index (χ2n) is 6.45. The maximum atomic E-state index is 12.7. The summed E-state index contributed by atoms with van der Waals surface area (Å²) in [4.78, 5) is 24.5. The molecule has 0 radical (unpaired) electrons. The highest BCUT2D eigenvalue weighted by atomic mass is 16.5. The molecule has 1 aromatic carbocycles. The summed E-state index contributed by atoms with van der Waals surface area (Å²) >= 11 is 0. The molecule has 3 aromatic rings. The van der Waals surface area contributed by atoms with Crippen LogP contribution in [0.3, 0.4) is 0 Å². The molecule has 0 aliphatic heterocycles. The molecule has 2 heterocycles. The molecule has 1 unspecified atom stereocenters. The van der Waals surface area contributed by atoms with Crippen LogP contribution in [0, 0.1) is 0 Å². The largest absolute Gasteiger partial charge is 0.394 e. The number of methoxy groups -OCH3 is 1. The predicted molar refractivity (Wildman–Crippen MR) is 110 cm³/mol. The van der Waals surface area contributed by atoms with E-state index in [-0.39, 0.29) is 12.5 Å². The van der Waals surface area contributed by atoms with Crippen molar-refractivity contribution < 1.29 is 14.6 Å². The number of rotatable bonds is 9. The van der Waals surface area contributed by atoms with Gasteiger partial charge in [-0.1, -0.05) is 30.3 Å². The molecule has 1 atom stereocenters. The van der Waals surface area contributed by atoms with Crippen molar-refractivity contribution in [3.8, 4) is 11.3 Å². The number of aromatic amines is 1. The minimum atomic E-state index is -0.487. The van der Waals surface area contributed by atoms with E-state index in [1.807, 2.05) is 37.3 Å². The molecule has 0 aliphatic rings. The van der Waals surface area contributed by atoms with Gasteiger partial charge in [0.2, 0.25) is 5.95 Å². The number of aliphatic hydroxyl groups is 1. The van der Waals surface area contributed by atoms with Crippen molar-refractivity contribution in [2.75, 3.05) is 25.6 Å². The first kappa shape index (κ1) is 20.5. The van der Waals surface area contributed by atoms with Crippen molar-refractivity contribution in [1.82, 2.24) is 20.3 Å². The molecular weight excluding hydrogens is 370 g/mol. The van der Waals surface area contributed by atoms with Crippen LogP contribution in [0.25, 0.3) is 11.3 Å². The summed E-state index contributed by atoms with van der Waals surface area (Å²) in [7, 11) is 1.61. The number of hydrogen-bond donors (Lipinski definition) is 4. The SMILES string of the molecule is CCNc1ncc(COC)c(-c2c[nH]c(C(=O)NC(CO)c3ccccc3)c2)n1. The van der Waals surface area contributed by atoms with E-state index >= 15 is 0 Å². The highest BCUT2D eigenvalue weighted by Crippen LogP contribution is 2.24. The van der Waals surface area contributed by atoms with Gasteiger partial charge in [0.15, 0.2) is 0 Å². The van der Waals surface area contributed by atoms with E-state index in [0.717, 1.165) is 16.7 Å². The third-order valence-corrected chi connectivity index (χ3v) is 4.39. The van der Waals surface area contributed by atoms with Gasteiger partial charge in [0.25, 0.3) is 5.91 Å². The summed E-state index contributed by atoms with van der Waals surface area (Å²) in [6.45, 7) is 2.83. The quantitative estimate of drug-likeness (QED) is 0.443. The number of carbonyl (C=O) groups is 1. The van der Waals surface area contributed by atoms with Crippen LogP contribution >= 0.6 is 0 Å². The van der Waals surface area contributed by atoms with Crippen LogP contribution in [-0.4, -0.2) is 46.2 Å². The Hall–Kier alpha value is -3.23. The van der Waals surface area contributed by atoms with Gasteiger partial charge in [-0.2, -0.15) is 0 Å². The molecule has 0 saturated heterocycles. The van der Waals surface area contributed by atoms with Gasteiger partial charge in [-0.25, -0.2) is 9.97 Å². The van der Waals surface area contributed by atoms with E-state index < -0.39 is 6.04 Å². The van der Waals surface area contributed by atoms with Gasteiger partial charge in [0.1, 0.15) is 5.69 Å². The number of amides is 1. The molecule has 1 amide bonds. The number of aliphatic hydroxyl groups excluding tert-OH is 1. The zero-order valence-electron chi connectivity index (χ0n) is 16.5. The molecule has 152 valence electrons. The van der Waals surface area contributed by atoms with Crippen LogP contribution in [0.4, 0.5) is 5.95 Å². The number of nitrogens with one attached hydrogen (secondary N) is 3. The van der Waals surface area contributed by atoms with Gasteiger partial charge < -0.3 is 25.5 Å². The van der Waals surface area contributed by atoms with Gasteiger partial charge in [0, 0.05) is 37.2 Å². The average Bonchev–Trinajstić information content (AvgIpc) is 3.24. The second-order valence-corrected chi connectivity index (χ2v) is 6.45. The molecule has 0 aliphatic carbocycles. The van der Waals surface area contributed by atoms with E-state index in [2.05, 4.69) is 25.6 Å². The smallest absolute Gasteiger partial charge is 0.268 e. The summed E-state index contributed by atoms with van der Waals surface area (Å²) in [5, 5.41) is 15.6. The Morgan fingerprint density at radius 3 is 2.79 bits per heavy atom. The van der Waals surface area contributed by atoms with E-state index in [0.29, 0.717) is 30.5 Å². The van der Waals surface area contributed by atoms with Gasteiger partial charge in [-0.3, -0.25) is 4.79 Å². The lowest BCUT2D eigenvalue weighted by Crippen LogP contribution is -2.30. The zero-order valence-corrected chi connectivity index (χ0v) is 16.5. The van der Waals surface area contributed by atoms with E-state index in [1.165, 1.54) is 0 Å². The van der Waals surface area contributed by atoms with Gasteiger partial charge in [-0.15, -0.1) is 0 Å². The van der Waals surface area contributed by atoms with E-state index in [9.17, 15) is 9.90 Å². The Morgan fingerprint density at radius 1 is 1.31 bits per heavy atom. The molecule has 0 spiro atoms. The first-order valence-electron chi connectivity index (χ1n) is 9.40. The monoisotopic (exact) mass is 395 g/mol. The summed E-state index contributed by atoms with van der Waals surface area (Å²) in [6, 6.07) is 10.6. The first-order chi connectivity index (χ1) is 14.2. The van der Waals surface area contributed by atoms with Crippen molar-refractivity contribution in [3.05, 3.63) is 65.6 Å². The van der Waals surface area contributed by atoms with E-state index in [4.69, 9.17) is 4.74 Å². The number of carbonyl (C=O) groups excluding carboxylic acids is 1. The molecular formula is C21H25N5O3. The Morgan fingerprint density at radius 2 is 2.10 bits per heavy atom. The number of hydrogen-bond acceptors (Lipinski definition) is 6. The molecule has 4 N–H and O–H groups in total. The summed E-state index contributed by atoms with van der Waals surface area (Å²) in [6.07, 6.45) is 3.44. The van der Waals surface area contributed by atoms with Crippen LogP contribution in [-0.2, 0) is 11.3 Å². The normalized spacial score (nSPS) is 11.8. The van der Waals surface area contributed by atoms with Crippen LogP contribution < -0.4 is 10.6 Å². The predicted octanol–water partition coefficient (Wildman–Crippen LogP) is 2.51. The highest BCUT2D eigenvalue weighted by molar-refractivity contribution is 5.94. The lowest BCUT2D eigenvalue weighted by Gasteiger charge is -2.16. The number of aromatic nitrogens is 3. The fourth-order valence-corrected chi connectivity index (χ4v) is 2.98. The molecule has 0 saturated carbocycles. The van der Waals surface area contributed by atoms with Crippen LogP contribution in [0.15, 0.2) is 48.8 Å². The molecule has 29 heavy (non-hydrogen) atoms. The number of benzene rings is 1. The molecule has 0 bridgehead atoms. The van der Waals surface area contributed by atoms with Crippen molar-refractivity contribution in [2.45, 2.75) is 19.6 Å². The highest BCUT2D eigenvalue weighted by Gasteiger charge is 2.18. The summed E-state index contributed by atoms with van der Waals surface area (Å²) in [5.74, 6) is 0.201. The molecule has 8 nitrogen and oxygen atoms in total. The number of H-pyrrole nitrogens is 1. The third kappa shape index (κ3) is 4.98. The van der Waals surface area contributed by atoms with Gasteiger partial charge >= 0.3 is 0 Å². The minimum Gasteiger partial charge on any atom is -0.394 e. The minimum absolute atomic E-state index is 0.195. The van der Waals surface area contributed by atoms with Crippen LogP contribution in [0.5, 0.6) is 0 Å². The van der Waals surface area contributed by atoms with Crippen molar-refractivity contribution in [3.63, 3.8) is 0 Å². The third-order valence-electron chi connectivity index (χ3n) is 4.39. The number of nitrogens with zero attached hydrogens (tertiary/aromatic N) is 2. The Balaban J connectivity index is 1.83. The lowest BCUT2D eigenvalue weighted by molar-refractivity contribution is 0.0912. The summed E-state index contributed by atoms with van der Waals surface area (Å²) in [5.41, 5.74) is 3.47. The summed E-state index contributed by atoms with van der Waals surface area (Å²) < 4.78 is 5.24. The lowest BCUT2D eigenvalue weighted by atomic mass is 10.1. The molecule has 3 rings (SSSR count). The Labute approximate surface area is 169 Å². The van der Waals surface area contributed by atoms with Crippen molar-refractivity contribution >= 4 is 11.9 Å². The standard InChI is InChI=1S/C21H25N5O3/c1-3-22-21-24-11-16(13-29-2)19(26-21)15-9-17(23-10-15)20(28)25-18(12-27)14-7-5-4-6-8-14/h4-11,18,23,27H,3,12-13H2,1-2H3,(H,25,28)(H,22,24,26). The van der Waals surface area contributed by atoms with Crippen LogP contribution in [0.2, 0.25) is 0 Å². The second kappa shape index (κ2) is 9.81. The number of ether oxygens (including phenoxy) is 1. The Kier molecular flexibility index (Phi) is 6.94. The fourth-order valence-electron chi connectivity index (χ4n) is 2.98. The zero-order chi connectivity index (χ0) is 20.6. The van der Waals surface area contributed by atoms with E-state index in [1.54, 1.807) is 25.6 Å². The molecule has 2 aromatic heterocycles. The van der Waals surface area contributed by atoms with Gasteiger partial charge in [0.05, 0.1) is 24.9 Å². The topological polar surface area (TPSA) is 112 Å². The van der Waals surface area contributed by atoms with Crippen molar-refractivity contribution in [1.29, 1.82) is 0 Å².